The van der Waals surface area contributed by atoms with Crippen LogP contribution in [0.4, 0.5) is 8.78 Å². The van der Waals surface area contributed by atoms with Gasteiger partial charge < -0.3 is 15.4 Å². The van der Waals surface area contributed by atoms with Gasteiger partial charge in [0.25, 0.3) is 5.91 Å². The Hall–Kier alpha value is -2.18. The molecule has 4 nitrogen and oxygen atoms in total. The number of halogens is 3. The topological polar surface area (TPSA) is 55.6 Å². The number of carbonyl (C=O) groups is 1. The molecule has 1 amide bonds. The number of carbonyl (C=O) groups excluding carboxylic acids is 1. The van der Waals surface area contributed by atoms with Crippen LogP contribution in [-0.2, 0) is 0 Å². The summed E-state index contributed by atoms with van der Waals surface area (Å²) in [6.07, 6.45) is 0. The first-order chi connectivity index (χ1) is 11.7. The maximum Gasteiger partial charge on any atom is 0.253 e. The third-order valence-corrected chi connectivity index (χ3v) is 3.79. The van der Waals surface area contributed by atoms with Crippen molar-refractivity contribution in [2.75, 3.05) is 20.1 Å². The summed E-state index contributed by atoms with van der Waals surface area (Å²) in [4.78, 5) is 14.1. The first-order valence-corrected chi connectivity index (χ1v) is 7.90. The van der Waals surface area contributed by atoms with E-state index in [1.807, 2.05) is 13.8 Å². The molecule has 0 aromatic heterocycles. The zero-order chi connectivity index (χ0) is 18.6. The number of nitrogens with two attached hydrogens (primary N) is 1. The summed E-state index contributed by atoms with van der Waals surface area (Å²) < 4.78 is 31.9. The first kappa shape index (κ1) is 21.9. The van der Waals surface area contributed by atoms with E-state index in [4.69, 9.17) is 10.5 Å². The smallest absolute Gasteiger partial charge is 0.253 e. The molecule has 2 aromatic rings. The molecule has 0 radical (unpaired) electrons. The van der Waals surface area contributed by atoms with Gasteiger partial charge in [-0.05, 0) is 48.4 Å². The van der Waals surface area contributed by atoms with Gasteiger partial charge in [0.05, 0.1) is 0 Å². The minimum absolute atomic E-state index is 0. The van der Waals surface area contributed by atoms with Crippen LogP contribution >= 0.6 is 12.4 Å². The fraction of sp³-hybridized carbons (Fsp3) is 0.316. The van der Waals surface area contributed by atoms with Crippen LogP contribution in [-0.4, -0.2) is 30.9 Å². The van der Waals surface area contributed by atoms with Crippen molar-refractivity contribution in [3.05, 3.63) is 59.7 Å². The molecule has 2 rings (SSSR count). The van der Waals surface area contributed by atoms with Crippen molar-refractivity contribution >= 4 is 18.3 Å². The summed E-state index contributed by atoms with van der Waals surface area (Å²) in [7, 11) is 1.72. The standard InChI is InChI=1S/C19H22F2N2O2.ClH/c1-19(2,11-22)12-23(3)18(24)13-4-7-15(8-5-13)25-17-9-6-14(20)10-16(17)21;/h4-10H,11-12,22H2,1-3H3;1H. The Morgan fingerprint density at radius 2 is 1.77 bits per heavy atom. The van der Waals surface area contributed by atoms with E-state index < -0.39 is 11.6 Å². The number of nitrogens with zero attached hydrogens (tertiary/aromatic N) is 1. The highest BCUT2D eigenvalue weighted by atomic mass is 35.5. The molecule has 7 heteroatoms. The third-order valence-electron chi connectivity index (χ3n) is 3.79. The van der Waals surface area contributed by atoms with Crippen LogP contribution in [0.3, 0.4) is 0 Å². The van der Waals surface area contributed by atoms with E-state index in [2.05, 4.69) is 0 Å². The highest BCUT2D eigenvalue weighted by Gasteiger charge is 2.22. The van der Waals surface area contributed by atoms with Gasteiger partial charge in [0.1, 0.15) is 11.6 Å². The predicted octanol–water partition coefficient (Wildman–Crippen LogP) is 4.24. The summed E-state index contributed by atoms with van der Waals surface area (Å²) >= 11 is 0. The van der Waals surface area contributed by atoms with Crippen LogP contribution in [0.5, 0.6) is 11.5 Å². The van der Waals surface area contributed by atoms with Crippen molar-refractivity contribution in [3.63, 3.8) is 0 Å². The monoisotopic (exact) mass is 384 g/mol. The van der Waals surface area contributed by atoms with E-state index in [0.717, 1.165) is 12.1 Å². The van der Waals surface area contributed by atoms with Gasteiger partial charge in [-0.3, -0.25) is 4.79 Å². The van der Waals surface area contributed by atoms with Gasteiger partial charge in [-0.1, -0.05) is 13.8 Å². The fourth-order valence-corrected chi connectivity index (χ4v) is 2.35. The fourth-order valence-electron chi connectivity index (χ4n) is 2.35. The molecule has 0 aliphatic heterocycles. The average Bonchev–Trinajstić information content (AvgIpc) is 2.57. The molecule has 0 spiro atoms. The normalized spacial score (nSPS) is 10.8. The minimum atomic E-state index is -0.788. The quantitative estimate of drug-likeness (QED) is 0.810. The lowest BCUT2D eigenvalue weighted by molar-refractivity contribution is 0.0740. The summed E-state index contributed by atoms with van der Waals surface area (Å²) in [6, 6.07) is 9.42. The molecule has 0 saturated heterocycles. The number of rotatable bonds is 6. The molecule has 0 saturated carbocycles. The zero-order valence-corrected chi connectivity index (χ0v) is 15.8. The van der Waals surface area contributed by atoms with Crippen LogP contribution in [0.25, 0.3) is 0 Å². The van der Waals surface area contributed by atoms with Gasteiger partial charge in [0, 0.05) is 25.2 Å². The van der Waals surface area contributed by atoms with Crippen molar-refractivity contribution in [2.24, 2.45) is 11.1 Å². The molecule has 0 unspecified atom stereocenters. The van der Waals surface area contributed by atoms with Gasteiger partial charge in [-0.25, -0.2) is 8.78 Å². The molecule has 26 heavy (non-hydrogen) atoms. The Kier molecular flexibility index (Phi) is 7.54. The van der Waals surface area contributed by atoms with Gasteiger partial charge in [0.15, 0.2) is 11.6 Å². The second-order valence-corrected chi connectivity index (χ2v) is 6.73. The lowest BCUT2D eigenvalue weighted by Crippen LogP contribution is -2.39. The molecule has 142 valence electrons. The third kappa shape index (κ3) is 5.68. The zero-order valence-electron chi connectivity index (χ0n) is 15.0. The SMILES string of the molecule is CN(CC(C)(C)CN)C(=O)c1ccc(Oc2ccc(F)cc2F)cc1.Cl. The highest BCUT2D eigenvalue weighted by molar-refractivity contribution is 5.94. The largest absolute Gasteiger partial charge is 0.454 e. The molecule has 0 fully saturated rings. The molecular weight excluding hydrogens is 362 g/mol. The second kappa shape index (κ2) is 8.96. The Labute approximate surface area is 158 Å². The molecule has 0 bridgehead atoms. The maximum atomic E-state index is 13.6. The Morgan fingerprint density at radius 1 is 1.15 bits per heavy atom. The van der Waals surface area contributed by atoms with Crippen LogP contribution in [0.2, 0.25) is 0 Å². The minimum Gasteiger partial charge on any atom is -0.454 e. The highest BCUT2D eigenvalue weighted by Crippen LogP contribution is 2.25. The predicted molar refractivity (Wildman–Crippen MR) is 99.9 cm³/mol. The van der Waals surface area contributed by atoms with Crippen LogP contribution in [0, 0.1) is 17.0 Å². The Balaban J connectivity index is 0.00000338. The lowest BCUT2D eigenvalue weighted by atomic mass is 9.93. The van der Waals surface area contributed by atoms with E-state index in [9.17, 15) is 13.6 Å². The molecule has 0 aliphatic carbocycles. The Bertz CT molecular complexity index is 752. The van der Waals surface area contributed by atoms with Gasteiger partial charge in [0.2, 0.25) is 0 Å². The van der Waals surface area contributed by atoms with E-state index in [1.54, 1.807) is 36.2 Å². The number of benzene rings is 2. The summed E-state index contributed by atoms with van der Waals surface area (Å²) in [5, 5.41) is 0. The van der Waals surface area contributed by atoms with Gasteiger partial charge >= 0.3 is 0 Å². The summed E-state index contributed by atoms with van der Waals surface area (Å²) in [5.41, 5.74) is 6.01. The molecule has 0 heterocycles. The number of hydrogen-bond donors (Lipinski definition) is 1. The molecule has 2 aromatic carbocycles. The molecule has 0 aliphatic rings. The van der Waals surface area contributed by atoms with E-state index in [-0.39, 0.29) is 29.5 Å². The number of hydrogen-bond acceptors (Lipinski definition) is 3. The van der Waals surface area contributed by atoms with E-state index in [1.165, 1.54) is 6.07 Å². The molecular formula is C19H23ClF2N2O2. The summed E-state index contributed by atoms with van der Waals surface area (Å²) in [6.45, 7) is 4.98. The maximum absolute atomic E-state index is 13.6. The van der Waals surface area contributed by atoms with E-state index >= 15 is 0 Å². The average molecular weight is 385 g/mol. The van der Waals surface area contributed by atoms with Crippen LogP contribution in [0.1, 0.15) is 24.2 Å². The number of ether oxygens (including phenoxy) is 1. The van der Waals surface area contributed by atoms with Gasteiger partial charge in [-0.2, -0.15) is 0 Å². The Morgan fingerprint density at radius 3 is 2.31 bits per heavy atom. The first-order valence-electron chi connectivity index (χ1n) is 7.90. The van der Waals surface area contributed by atoms with Crippen molar-refractivity contribution < 1.29 is 18.3 Å². The van der Waals surface area contributed by atoms with Crippen LogP contribution < -0.4 is 10.5 Å². The van der Waals surface area contributed by atoms with Crippen LogP contribution in [0.15, 0.2) is 42.5 Å². The molecule has 2 N–H and O–H groups in total. The molecule has 0 atom stereocenters. The van der Waals surface area contributed by atoms with Crippen molar-refractivity contribution in [1.82, 2.24) is 4.90 Å². The van der Waals surface area contributed by atoms with Crippen molar-refractivity contribution in [2.45, 2.75) is 13.8 Å². The second-order valence-electron chi connectivity index (χ2n) is 6.73. The van der Waals surface area contributed by atoms with Crippen molar-refractivity contribution in [1.29, 1.82) is 0 Å². The number of amides is 1. The van der Waals surface area contributed by atoms with E-state index in [0.29, 0.717) is 24.4 Å². The van der Waals surface area contributed by atoms with Crippen molar-refractivity contribution in [3.8, 4) is 11.5 Å². The summed E-state index contributed by atoms with van der Waals surface area (Å²) in [5.74, 6) is -1.33. The van der Waals surface area contributed by atoms with Gasteiger partial charge in [-0.15, -0.1) is 12.4 Å². The lowest BCUT2D eigenvalue weighted by Gasteiger charge is -2.29.